The van der Waals surface area contributed by atoms with Crippen LogP contribution in [0.3, 0.4) is 0 Å². The monoisotopic (exact) mass is 441 g/mol. The van der Waals surface area contributed by atoms with Crippen molar-refractivity contribution in [3.63, 3.8) is 0 Å². The van der Waals surface area contributed by atoms with Crippen molar-refractivity contribution in [2.24, 2.45) is 0 Å². The smallest absolute Gasteiger partial charge is 0.263 e. The molecule has 1 fully saturated rings. The quantitative estimate of drug-likeness (QED) is 0.404. The Balaban J connectivity index is 1.64. The summed E-state index contributed by atoms with van der Waals surface area (Å²) in [6, 6.07) is 0.250. The highest BCUT2D eigenvalue weighted by atomic mass is 32.2. The highest BCUT2D eigenvalue weighted by Crippen LogP contribution is 2.37. The molecule has 2 aliphatic rings. The zero-order valence-corrected chi connectivity index (χ0v) is 18.6. The van der Waals surface area contributed by atoms with E-state index in [-0.39, 0.29) is 11.6 Å². The molecule has 2 aromatic rings. The largest absolute Gasteiger partial charge is 0.284 e. The highest BCUT2D eigenvalue weighted by Gasteiger charge is 2.26. The molecule has 0 atom stereocenters. The van der Waals surface area contributed by atoms with Crippen LogP contribution in [0, 0.1) is 0 Å². The Morgan fingerprint density at radius 3 is 2.71 bits per heavy atom. The summed E-state index contributed by atoms with van der Waals surface area (Å²) in [6.07, 6.45) is 10.7. The second kappa shape index (κ2) is 8.45. The second-order valence-corrected chi connectivity index (χ2v) is 11.7. The third-order valence-electron chi connectivity index (χ3n) is 5.60. The maximum Gasteiger partial charge on any atom is 0.263 e. The lowest BCUT2D eigenvalue weighted by atomic mass is 9.97. The van der Waals surface area contributed by atoms with Gasteiger partial charge in [0, 0.05) is 23.2 Å². The number of fused-ring (bicyclic) bond motifs is 3. The lowest BCUT2D eigenvalue weighted by Gasteiger charge is -2.18. The van der Waals surface area contributed by atoms with Crippen LogP contribution in [-0.4, -0.2) is 36.5 Å². The van der Waals surface area contributed by atoms with Crippen molar-refractivity contribution in [2.75, 3.05) is 18.6 Å². The van der Waals surface area contributed by atoms with Gasteiger partial charge in [0.25, 0.3) is 5.56 Å². The number of aryl methyl sites for hydroxylation is 2. The fraction of sp³-hybridized carbons (Fsp3) is 0.684. The summed E-state index contributed by atoms with van der Waals surface area (Å²) in [5.74, 6) is 0.734. The number of nitrogens with one attached hydrogen (secondary N) is 1. The van der Waals surface area contributed by atoms with Crippen LogP contribution in [0.4, 0.5) is 0 Å². The van der Waals surface area contributed by atoms with E-state index in [1.54, 1.807) is 23.1 Å². The average molecular weight is 442 g/mol. The molecule has 0 bridgehead atoms. The van der Waals surface area contributed by atoms with Crippen LogP contribution in [0.1, 0.15) is 61.4 Å². The number of aromatic nitrogens is 2. The third kappa shape index (κ3) is 4.32. The van der Waals surface area contributed by atoms with Gasteiger partial charge in [-0.05, 0) is 50.5 Å². The molecule has 2 aliphatic carbocycles. The molecule has 9 heteroatoms. The van der Waals surface area contributed by atoms with Gasteiger partial charge in [-0.25, -0.2) is 18.1 Å². The molecule has 0 radical (unpaired) electrons. The Kier molecular flexibility index (Phi) is 6.15. The van der Waals surface area contributed by atoms with Gasteiger partial charge in [0.15, 0.2) is 5.16 Å². The highest BCUT2D eigenvalue weighted by molar-refractivity contribution is 7.99. The van der Waals surface area contributed by atoms with Gasteiger partial charge in [-0.2, -0.15) is 0 Å². The molecule has 154 valence electrons. The second-order valence-electron chi connectivity index (χ2n) is 7.77. The topological polar surface area (TPSA) is 81.1 Å². The van der Waals surface area contributed by atoms with Gasteiger partial charge in [-0.1, -0.05) is 24.6 Å². The summed E-state index contributed by atoms with van der Waals surface area (Å²) in [6.45, 7) is 0.412. The zero-order chi connectivity index (χ0) is 19.7. The fourth-order valence-electron chi connectivity index (χ4n) is 4.28. The van der Waals surface area contributed by atoms with E-state index in [1.165, 1.54) is 36.0 Å². The maximum atomic E-state index is 13.5. The van der Waals surface area contributed by atoms with E-state index in [0.29, 0.717) is 13.0 Å². The van der Waals surface area contributed by atoms with Crippen LogP contribution in [-0.2, 0) is 22.9 Å². The van der Waals surface area contributed by atoms with E-state index in [1.807, 2.05) is 4.57 Å². The standard InChI is InChI=1S/C19H27N3O3S3/c1-28(24,25)20-11-6-12-26-19-21-17-16(14-9-4-5-10-15(14)27-17)18(23)22(19)13-7-2-3-8-13/h13,20H,2-12H2,1H3. The first-order chi connectivity index (χ1) is 13.4. The molecule has 2 heterocycles. The Labute approximate surface area is 174 Å². The lowest BCUT2D eigenvalue weighted by molar-refractivity contribution is 0.457. The molecule has 6 nitrogen and oxygen atoms in total. The predicted molar refractivity (Wildman–Crippen MR) is 116 cm³/mol. The van der Waals surface area contributed by atoms with Crippen molar-refractivity contribution in [1.29, 1.82) is 0 Å². The number of thioether (sulfide) groups is 1. The summed E-state index contributed by atoms with van der Waals surface area (Å²) in [5.41, 5.74) is 1.40. The van der Waals surface area contributed by atoms with Crippen molar-refractivity contribution in [3.05, 3.63) is 20.8 Å². The number of rotatable bonds is 7. The SMILES string of the molecule is CS(=O)(=O)NCCCSc1nc2sc3c(c2c(=O)n1C1CCCC1)CCCC3. The van der Waals surface area contributed by atoms with Gasteiger partial charge in [0.1, 0.15) is 4.83 Å². The maximum absolute atomic E-state index is 13.5. The molecule has 0 spiro atoms. The Morgan fingerprint density at radius 1 is 1.21 bits per heavy atom. The molecule has 1 N–H and O–H groups in total. The van der Waals surface area contributed by atoms with Gasteiger partial charge in [-0.15, -0.1) is 11.3 Å². The van der Waals surface area contributed by atoms with E-state index in [4.69, 9.17) is 4.98 Å². The molecule has 0 saturated heterocycles. The van der Waals surface area contributed by atoms with Crippen molar-refractivity contribution in [2.45, 2.75) is 69.0 Å². The predicted octanol–water partition coefficient (Wildman–Crippen LogP) is 3.48. The van der Waals surface area contributed by atoms with E-state index in [0.717, 1.165) is 53.2 Å². The van der Waals surface area contributed by atoms with E-state index in [9.17, 15) is 13.2 Å². The average Bonchev–Trinajstić information content (AvgIpc) is 3.27. The molecule has 1 saturated carbocycles. The summed E-state index contributed by atoms with van der Waals surface area (Å²) in [5, 5.41) is 1.68. The van der Waals surface area contributed by atoms with Crippen molar-refractivity contribution in [1.82, 2.24) is 14.3 Å². The van der Waals surface area contributed by atoms with Crippen molar-refractivity contribution < 1.29 is 8.42 Å². The first-order valence-electron chi connectivity index (χ1n) is 10.1. The molecule has 0 amide bonds. The van der Waals surface area contributed by atoms with Crippen molar-refractivity contribution in [3.8, 4) is 0 Å². The van der Waals surface area contributed by atoms with Crippen LogP contribution in [0.15, 0.2) is 9.95 Å². The molecule has 0 unspecified atom stereocenters. The van der Waals surface area contributed by atoms with Crippen LogP contribution in [0.5, 0.6) is 0 Å². The molecule has 4 rings (SSSR count). The Bertz CT molecular complexity index is 1020. The number of thiophene rings is 1. The van der Waals surface area contributed by atoms with Crippen LogP contribution in [0.2, 0.25) is 0 Å². The van der Waals surface area contributed by atoms with E-state index in [2.05, 4.69) is 4.72 Å². The van der Waals surface area contributed by atoms with E-state index < -0.39 is 10.0 Å². The van der Waals surface area contributed by atoms with Crippen LogP contribution >= 0.6 is 23.1 Å². The fourth-order valence-corrected chi connectivity index (χ4v) is 7.10. The summed E-state index contributed by atoms with van der Waals surface area (Å²) >= 11 is 3.28. The molecular weight excluding hydrogens is 414 g/mol. The van der Waals surface area contributed by atoms with Gasteiger partial charge < -0.3 is 0 Å². The third-order valence-corrected chi connectivity index (χ3v) is 8.55. The van der Waals surface area contributed by atoms with Gasteiger partial charge >= 0.3 is 0 Å². The number of hydrogen-bond donors (Lipinski definition) is 1. The lowest BCUT2D eigenvalue weighted by Crippen LogP contribution is -2.27. The summed E-state index contributed by atoms with van der Waals surface area (Å²) < 4.78 is 26.9. The molecule has 28 heavy (non-hydrogen) atoms. The molecule has 0 aromatic carbocycles. The number of sulfonamides is 1. The first kappa shape index (κ1) is 20.4. The molecule has 0 aliphatic heterocycles. The Hall–Kier alpha value is -0.900. The molecule has 2 aromatic heterocycles. The van der Waals surface area contributed by atoms with Gasteiger partial charge in [-0.3, -0.25) is 9.36 Å². The Morgan fingerprint density at radius 2 is 1.96 bits per heavy atom. The minimum Gasteiger partial charge on any atom is -0.284 e. The minimum absolute atomic E-state index is 0.146. The van der Waals surface area contributed by atoms with Crippen LogP contribution in [0.25, 0.3) is 10.2 Å². The van der Waals surface area contributed by atoms with Gasteiger partial charge in [0.2, 0.25) is 10.0 Å². The normalized spacial score (nSPS) is 18.0. The van der Waals surface area contributed by atoms with Gasteiger partial charge in [0.05, 0.1) is 11.6 Å². The number of hydrogen-bond acceptors (Lipinski definition) is 6. The van der Waals surface area contributed by atoms with Crippen molar-refractivity contribution >= 4 is 43.3 Å². The minimum atomic E-state index is -3.16. The zero-order valence-electron chi connectivity index (χ0n) is 16.2. The summed E-state index contributed by atoms with van der Waals surface area (Å²) in [7, 11) is -3.16. The summed E-state index contributed by atoms with van der Waals surface area (Å²) in [4.78, 5) is 20.7. The first-order valence-corrected chi connectivity index (χ1v) is 13.8. The molecular formula is C19H27N3O3S3. The number of nitrogens with zero attached hydrogens (tertiary/aromatic N) is 2. The van der Waals surface area contributed by atoms with E-state index >= 15 is 0 Å². The van der Waals surface area contributed by atoms with Crippen LogP contribution < -0.4 is 10.3 Å².